The number of nitrogens with one attached hydrogen (secondary N) is 1. The highest BCUT2D eigenvalue weighted by Gasteiger charge is 2.20. The molecule has 1 amide bonds. The molecule has 0 spiro atoms. The number of aryl methyl sites for hydroxylation is 1. The summed E-state index contributed by atoms with van der Waals surface area (Å²) in [4.78, 5) is 12.4. The molecule has 0 aliphatic rings. The predicted octanol–water partition coefficient (Wildman–Crippen LogP) is 4.33. The van der Waals surface area contributed by atoms with Crippen LogP contribution in [0.3, 0.4) is 0 Å². The molecule has 7 heteroatoms. The summed E-state index contributed by atoms with van der Waals surface area (Å²) >= 11 is 0. The highest BCUT2D eigenvalue weighted by Crippen LogP contribution is 2.25. The molecule has 0 atom stereocenters. The molecule has 0 bridgehead atoms. The third kappa shape index (κ3) is 6.17. The van der Waals surface area contributed by atoms with Gasteiger partial charge in [0.05, 0.1) is 18.5 Å². The van der Waals surface area contributed by atoms with Crippen molar-refractivity contribution in [3.63, 3.8) is 0 Å². The maximum absolute atomic E-state index is 13.0. The van der Waals surface area contributed by atoms with Gasteiger partial charge in [0.15, 0.2) is 0 Å². The Kier molecular flexibility index (Phi) is 7.64. The lowest BCUT2D eigenvalue weighted by Gasteiger charge is -2.25. The summed E-state index contributed by atoms with van der Waals surface area (Å²) in [7, 11) is -3.49. The van der Waals surface area contributed by atoms with Gasteiger partial charge in [-0.05, 0) is 59.9 Å². The van der Waals surface area contributed by atoms with Gasteiger partial charge in [0.1, 0.15) is 5.82 Å². The zero-order chi connectivity index (χ0) is 23.1. The van der Waals surface area contributed by atoms with Gasteiger partial charge in [-0.3, -0.25) is 9.10 Å². The van der Waals surface area contributed by atoms with E-state index in [9.17, 15) is 17.6 Å². The van der Waals surface area contributed by atoms with E-state index >= 15 is 0 Å². The summed E-state index contributed by atoms with van der Waals surface area (Å²) < 4.78 is 39.3. The molecule has 0 unspecified atom stereocenters. The van der Waals surface area contributed by atoms with Crippen molar-refractivity contribution in [3.05, 3.63) is 101 Å². The van der Waals surface area contributed by atoms with Crippen LogP contribution in [0.25, 0.3) is 0 Å². The van der Waals surface area contributed by atoms with Crippen LogP contribution in [0.5, 0.6) is 0 Å². The van der Waals surface area contributed by atoms with Gasteiger partial charge in [0.2, 0.25) is 10.0 Å². The average Bonchev–Trinajstić information content (AvgIpc) is 2.78. The van der Waals surface area contributed by atoms with E-state index in [0.29, 0.717) is 24.2 Å². The molecule has 0 heterocycles. The number of para-hydroxylation sites is 1. The number of rotatable bonds is 9. The van der Waals surface area contributed by atoms with E-state index in [1.54, 1.807) is 36.4 Å². The van der Waals surface area contributed by atoms with Gasteiger partial charge in [0.25, 0.3) is 5.91 Å². The number of carbonyl (C=O) groups excluding carboxylic acids is 1. The van der Waals surface area contributed by atoms with Gasteiger partial charge < -0.3 is 5.32 Å². The fourth-order valence-corrected chi connectivity index (χ4v) is 4.35. The monoisotopic (exact) mass is 454 g/mol. The Morgan fingerprint density at radius 2 is 1.56 bits per heavy atom. The topological polar surface area (TPSA) is 66.5 Å². The number of sulfonamides is 1. The van der Waals surface area contributed by atoms with Crippen molar-refractivity contribution in [1.29, 1.82) is 0 Å². The lowest BCUT2D eigenvalue weighted by molar-refractivity contribution is 0.0954. The number of amides is 1. The number of carbonyl (C=O) groups is 1. The molecular formula is C25H27FN2O3S. The molecule has 3 aromatic rings. The van der Waals surface area contributed by atoms with Crippen molar-refractivity contribution in [2.75, 3.05) is 17.1 Å². The molecule has 0 aliphatic heterocycles. The van der Waals surface area contributed by atoms with Crippen molar-refractivity contribution in [2.24, 2.45) is 0 Å². The lowest BCUT2D eigenvalue weighted by Crippen LogP contribution is -2.30. The fraction of sp³-hybridized carbons (Fsp3) is 0.240. The SMILES string of the molecule is CCc1ccccc1N(Cc1ccc(C(=O)NCCc2ccc(F)cc2)cc1)S(C)(=O)=O. The van der Waals surface area contributed by atoms with Crippen molar-refractivity contribution < 1.29 is 17.6 Å². The summed E-state index contributed by atoms with van der Waals surface area (Å²) in [6.45, 7) is 2.60. The van der Waals surface area contributed by atoms with E-state index in [4.69, 9.17) is 0 Å². The first-order valence-electron chi connectivity index (χ1n) is 10.4. The maximum atomic E-state index is 13.0. The fourth-order valence-electron chi connectivity index (χ4n) is 3.44. The Morgan fingerprint density at radius 1 is 0.938 bits per heavy atom. The van der Waals surface area contributed by atoms with E-state index in [0.717, 1.165) is 23.1 Å². The quantitative estimate of drug-likeness (QED) is 0.523. The first-order chi connectivity index (χ1) is 15.3. The summed E-state index contributed by atoms with van der Waals surface area (Å²) in [5.41, 5.74) is 3.84. The number of hydrogen-bond donors (Lipinski definition) is 1. The van der Waals surface area contributed by atoms with Crippen LogP contribution >= 0.6 is 0 Å². The standard InChI is InChI=1S/C25H27FN2O3S/c1-3-21-6-4-5-7-24(21)28(32(2,30)31)18-20-8-12-22(13-9-20)25(29)27-17-16-19-10-14-23(26)15-11-19/h4-15H,3,16-18H2,1-2H3,(H,27,29). The molecule has 0 radical (unpaired) electrons. The molecule has 0 saturated carbocycles. The van der Waals surface area contributed by atoms with Gasteiger partial charge >= 0.3 is 0 Å². The number of halogens is 1. The Morgan fingerprint density at radius 3 is 2.19 bits per heavy atom. The lowest BCUT2D eigenvalue weighted by atomic mass is 10.1. The van der Waals surface area contributed by atoms with Gasteiger partial charge in [0, 0.05) is 12.1 Å². The molecule has 0 aliphatic carbocycles. The molecule has 5 nitrogen and oxygen atoms in total. The second kappa shape index (κ2) is 10.4. The Labute approximate surface area is 188 Å². The largest absolute Gasteiger partial charge is 0.352 e. The summed E-state index contributed by atoms with van der Waals surface area (Å²) in [6, 6.07) is 20.5. The maximum Gasteiger partial charge on any atom is 0.251 e. The van der Waals surface area contributed by atoms with Crippen LogP contribution in [0.4, 0.5) is 10.1 Å². The van der Waals surface area contributed by atoms with Gasteiger partial charge in [-0.25, -0.2) is 12.8 Å². The van der Waals surface area contributed by atoms with Crippen LogP contribution in [-0.2, 0) is 29.4 Å². The third-order valence-electron chi connectivity index (χ3n) is 5.20. The van der Waals surface area contributed by atoms with Crippen molar-refractivity contribution in [3.8, 4) is 0 Å². The molecule has 32 heavy (non-hydrogen) atoms. The predicted molar refractivity (Wildman–Crippen MR) is 126 cm³/mol. The Balaban J connectivity index is 1.65. The van der Waals surface area contributed by atoms with Crippen LogP contribution in [0, 0.1) is 5.82 Å². The van der Waals surface area contributed by atoms with Crippen LogP contribution in [0.15, 0.2) is 72.8 Å². The van der Waals surface area contributed by atoms with Crippen LogP contribution in [-0.4, -0.2) is 27.1 Å². The molecule has 3 aromatic carbocycles. The molecule has 0 fully saturated rings. The van der Waals surface area contributed by atoms with E-state index in [2.05, 4.69) is 5.32 Å². The van der Waals surface area contributed by atoms with Crippen molar-refractivity contribution in [1.82, 2.24) is 5.32 Å². The second-order valence-electron chi connectivity index (χ2n) is 7.58. The molecule has 0 saturated heterocycles. The van der Waals surface area contributed by atoms with Crippen LogP contribution in [0.2, 0.25) is 0 Å². The highest BCUT2D eigenvalue weighted by atomic mass is 32.2. The Hall–Kier alpha value is -3.19. The third-order valence-corrected chi connectivity index (χ3v) is 6.32. The average molecular weight is 455 g/mol. The van der Waals surface area contributed by atoms with E-state index < -0.39 is 10.0 Å². The smallest absolute Gasteiger partial charge is 0.251 e. The highest BCUT2D eigenvalue weighted by molar-refractivity contribution is 7.92. The molecule has 3 rings (SSSR count). The van der Waals surface area contributed by atoms with E-state index in [1.807, 2.05) is 31.2 Å². The molecule has 0 aromatic heterocycles. The van der Waals surface area contributed by atoms with Gasteiger partial charge in [-0.2, -0.15) is 0 Å². The minimum absolute atomic E-state index is 0.183. The number of hydrogen-bond acceptors (Lipinski definition) is 3. The number of nitrogens with zero attached hydrogens (tertiary/aromatic N) is 1. The van der Waals surface area contributed by atoms with Crippen LogP contribution < -0.4 is 9.62 Å². The molecule has 1 N–H and O–H groups in total. The summed E-state index contributed by atoms with van der Waals surface area (Å²) in [6.07, 6.45) is 2.52. The first kappa shape index (κ1) is 23.5. The first-order valence-corrected chi connectivity index (χ1v) is 12.3. The van der Waals surface area contributed by atoms with Gasteiger partial charge in [-0.1, -0.05) is 49.4 Å². The van der Waals surface area contributed by atoms with Crippen molar-refractivity contribution >= 4 is 21.6 Å². The molecular weight excluding hydrogens is 427 g/mol. The summed E-state index contributed by atoms with van der Waals surface area (Å²) in [5, 5.41) is 2.85. The summed E-state index contributed by atoms with van der Waals surface area (Å²) in [5.74, 6) is -0.500. The normalized spacial score (nSPS) is 11.2. The van der Waals surface area contributed by atoms with E-state index in [1.165, 1.54) is 22.7 Å². The minimum Gasteiger partial charge on any atom is -0.352 e. The molecule has 168 valence electrons. The number of anilines is 1. The number of benzene rings is 3. The zero-order valence-electron chi connectivity index (χ0n) is 18.2. The second-order valence-corrected chi connectivity index (χ2v) is 9.49. The Bertz CT molecular complexity index is 1160. The zero-order valence-corrected chi connectivity index (χ0v) is 19.0. The van der Waals surface area contributed by atoms with Crippen molar-refractivity contribution in [2.45, 2.75) is 26.3 Å². The van der Waals surface area contributed by atoms with Gasteiger partial charge in [-0.15, -0.1) is 0 Å². The van der Waals surface area contributed by atoms with E-state index in [-0.39, 0.29) is 18.3 Å². The minimum atomic E-state index is -3.49. The van der Waals surface area contributed by atoms with Crippen LogP contribution in [0.1, 0.15) is 34.0 Å².